The third kappa shape index (κ3) is 1.53. The first-order valence-electron chi connectivity index (χ1n) is 4.23. The highest BCUT2D eigenvalue weighted by atomic mass is 32.1. The van der Waals surface area contributed by atoms with Crippen molar-refractivity contribution < 1.29 is 0 Å². The quantitative estimate of drug-likeness (QED) is 0.790. The lowest BCUT2D eigenvalue weighted by molar-refractivity contribution is 0.762. The first-order valence-corrected chi connectivity index (χ1v) is 5.11. The average molecular weight is 209 g/mol. The Morgan fingerprint density at radius 2 is 2.29 bits per heavy atom. The summed E-state index contributed by atoms with van der Waals surface area (Å²) >= 11 is 1.55. The molecule has 0 atom stereocenters. The number of nitrogens with zero attached hydrogens (tertiary/aromatic N) is 4. The van der Waals surface area contributed by atoms with Gasteiger partial charge in [-0.3, -0.25) is 0 Å². The number of aryl methyl sites for hydroxylation is 2. The second kappa shape index (κ2) is 3.47. The summed E-state index contributed by atoms with van der Waals surface area (Å²) in [4.78, 5) is 8.63. The number of aromatic nitrogens is 4. The Balaban J connectivity index is 2.43. The van der Waals surface area contributed by atoms with E-state index in [-0.39, 0.29) is 0 Å². The Labute approximate surface area is 85.6 Å². The van der Waals surface area contributed by atoms with Gasteiger partial charge < -0.3 is 5.73 Å². The third-order valence-electron chi connectivity index (χ3n) is 1.82. The number of nitrogens with two attached hydrogens (primary N) is 1. The molecule has 2 aromatic heterocycles. The van der Waals surface area contributed by atoms with Crippen LogP contribution in [0, 0.1) is 6.92 Å². The van der Waals surface area contributed by atoms with Crippen LogP contribution in [0.3, 0.4) is 0 Å². The van der Waals surface area contributed by atoms with E-state index < -0.39 is 0 Å². The zero-order valence-electron chi connectivity index (χ0n) is 8.06. The van der Waals surface area contributed by atoms with Gasteiger partial charge in [0.15, 0.2) is 5.82 Å². The van der Waals surface area contributed by atoms with Gasteiger partial charge in [0.05, 0.1) is 0 Å². The van der Waals surface area contributed by atoms with Gasteiger partial charge in [-0.15, -0.1) is 11.3 Å². The molecule has 74 valence electrons. The number of rotatable bonds is 2. The second-order valence-corrected chi connectivity index (χ2v) is 3.88. The Kier molecular flexibility index (Phi) is 2.30. The van der Waals surface area contributed by atoms with E-state index >= 15 is 0 Å². The van der Waals surface area contributed by atoms with Gasteiger partial charge in [-0.05, 0) is 6.92 Å². The van der Waals surface area contributed by atoms with E-state index in [1.54, 1.807) is 16.0 Å². The Hall–Kier alpha value is -1.27. The predicted octanol–water partition coefficient (Wildman–Crippen LogP) is 0.706. The van der Waals surface area contributed by atoms with E-state index in [4.69, 9.17) is 5.73 Å². The van der Waals surface area contributed by atoms with Crippen LogP contribution < -0.4 is 5.73 Å². The van der Waals surface area contributed by atoms with E-state index in [0.29, 0.717) is 6.54 Å². The van der Waals surface area contributed by atoms with Crippen molar-refractivity contribution in [3.63, 3.8) is 0 Å². The van der Waals surface area contributed by atoms with Gasteiger partial charge in [-0.1, -0.05) is 0 Å². The molecule has 0 aliphatic carbocycles. The molecular formula is C8H11N5S. The molecule has 14 heavy (non-hydrogen) atoms. The van der Waals surface area contributed by atoms with Crippen molar-refractivity contribution in [2.75, 3.05) is 0 Å². The molecule has 0 radical (unpaired) electrons. The van der Waals surface area contributed by atoms with Crippen LogP contribution in [-0.2, 0) is 13.6 Å². The SMILES string of the molecule is Cc1nc(-c2csc(CN)n2)n(C)n1. The maximum atomic E-state index is 5.49. The minimum atomic E-state index is 0.474. The van der Waals surface area contributed by atoms with Crippen molar-refractivity contribution in [3.05, 3.63) is 16.2 Å². The van der Waals surface area contributed by atoms with Crippen molar-refractivity contribution in [1.29, 1.82) is 0 Å². The summed E-state index contributed by atoms with van der Waals surface area (Å²) in [7, 11) is 1.86. The fourth-order valence-corrected chi connectivity index (χ4v) is 1.90. The zero-order valence-corrected chi connectivity index (χ0v) is 8.88. The van der Waals surface area contributed by atoms with Crippen molar-refractivity contribution in [2.45, 2.75) is 13.5 Å². The lowest BCUT2D eigenvalue weighted by atomic mass is 10.4. The summed E-state index contributed by atoms with van der Waals surface area (Å²) in [6, 6.07) is 0. The Morgan fingerprint density at radius 1 is 1.50 bits per heavy atom. The van der Waals surface area contributed by atoms with Crippen LogP contribution in [0.5, 0.6) is 0 Å². The van der Waals surface area contributed by atoms with Crippen LogP contribution in [0.15, 0.2) is 5.38 Å². The van der Waals surface area contributed by atoms with Crippen molar-refractivity contribution in [2.24, 2.45) is 12.8 Å². The lowest BCUT2D eigenvalue weighted by Crippen LogP contribution is -1.97. The molecule has 0 spiro atoms. The van der Waals surface area contributed by atoms with E-state index in [1.807, 2.05) is 19.4 Å². The molecule has 0 aliphatic rings. The van der Waals surface area contributed by atoms with Crippen molar-refractivity contribution in [1.82, 2.24) is 19.7 Å². The minimum absolute atomic E-state index is 0.474. The normalized spacial score (nSPS) is 10.8. The number of hydrogen-bond donors (Lipinski definition) is 1. The highest BCUT2D eigenvalue weighted by Gasteiger charge is 2.10. The van der Waals surface area contributed by atoms with Crippen LogP contribution in [0.1, 0.15) is 10.8 Å². The first kappa shape index (κ1) is 9.29. The highest BCUT2D eigenvalue weighted by molar-refractivity contribution is 7.09. The summed E-state index contributed by atoms with van der Waals surface area (Å²) in [6.45, 7) is 2.33. The van der Waals surface area contributed by atoms with Crippen LogP contribution >= 0.6 is 11.3 Å². The van der Waals surface area contributed by atoms with Gasteiger partial charge in [-0.25, -0.2) is 14.6 Å². The van der Waals surface area contributed by atoms with Gasteiger partial charge in [0.2, 0.25) is 0 Å². The number of hydrogen-bond acceptors (Lipinski definition) is 5. The van der Waals surface area contributed by atoms with E-state index in [9.17, 15) is 0 Å². The summed E-state index contributed by atoms with van der Waals surface area (Å²) < 4.78 is 1.73. The second-order valence-electron chi connectivity index (χ2n) is 2.94. The van der Waals surface area contributed by atoms with Crippen LogP contribution in [-0.4, -0.2) is 19.7 Å². The van der Waals surface area contributed by atoms with Crippen LogP contribution in [0.25, 0.3) is 11.5 Å². The summed E-state index contributed by atoms with van der Waals surface area (Å²) in [5.74, 6) is 1.54. The van der Waals surface area contributed by atoms with E-state index in [1.165, 1.54) is 0 Å². The molecule has 2 N–H and O–H groups in total. The molecule has 5 nitrogen and oxygen atoms in total. The molecule has 6 heteroatoms. The average Bonchev–Trinajstić information content (AvgIpc) is 2.71. The monoisotopic (exact) mass is 209 g/mol. The largest absolute Gasteiger partial charge is 0.325 e. The van der Waals surface area contributed by atoms with Gasteiger partial charge in [0.25, 0.3) is 0 Å². The van der Waals surface area contributed by atoms with Gasteiger partial charge in [0.1, 0.15) is 16.5 Å². The van der Waals surface area contributed by atoms with Crippen molar-refractivity contribution >= 4 is 11.3 Å². The summed E-state index contributed by atoms with van der Waals surface area (Å²) in [5, 5.41) is 7.03. The van der Waals surface area contributed by atoms with Gasteiger partial charge in [0, 0.05) is 19.0 Å². The maximum absolute atomic E-state index is 5.49. The van der Waals surface area contributed by atoms with Crippen molar-refractivity contribution in [3.8, 4) is 11.5 Å². The fraction of sp³-hybridized carbons (Fsp3) is 0.375. The highest BCUT2D eigenvalue weighted by Crippen LogP contribution is 2.19. The molecule has 2 aromatic rings. The van der Waals surface area contributed by atoms with Gasteiger partial charge in [-0.2, -0.15) is 5.10 Å². The Morgan fingerprint density at radius 3 is 2.79 bits per heavy atom. The molecule has 0 fully saturated rings. The predicted molar refractivity (Wildman–Crippen MR) is 54.7 cm³/mol. The first-order chi connectivity index (χ1) is 6.70. The topological polar surface area (TPSA) is 69.6 Å². The molecular weight excluding hydrogens is 198 g/mol. The van der Waals surface area contributed by atoms with E-state index in [0.717, 1.165) is 22.4 Å². The Bertz CT molecular complexity index is 444. The van der Waals surface area contributed by atoms with Crippen LogP contribution in [0.2, 0.25) is 0 Å². The molecule has 0 saturated carbocycles. The van der Waals surface area contributed by atoms with Crippen LogP contribution in [0.4, 0.5) is 0 Å². The molecule has 0 amide bonds. The lowest BCUT2D eigenvalue weighted by Gasteiger charge is -1.93. The molecule has 2 heterocycles. The van der Waals surface area contributed by atoms with E-state index in [2.05, 4.69) is 15.1 Å². The molecule has 2 rings (SSSR count). The molecule has 0 bridgehead atoms. The van der Waals surface area contributed by atoms with Gasteiger partial charge >= 0.3 is 0 Å². The standard InChI is InChI=1S/C8H11N5S/c1-5-10-8(13(2)12-5)6-4-14-7(3-9)11-6/h4H,3,9H2,1-2H3. The number of thiazole rings is 1. The maximum Gasteiger partial charge on any atom is 0.177 e. The smallest absolute Gasteiger partial charge is 0.177 e. The summed E-state index contributed by atoms with van der Waals surface area (Å²) in [6.07, 6.45) is 0. The molecule has 0 aliphatic heterocycles. The molecule has 0 aromatic carbocycles. The summed E-state index contributed by atoms with van der Waals surface area (Å²) in [5.41, 5.74) is 6.34. The molecule has 0 unspecified atom stereocenters. The molecule has 0 saturated heterocycles. The zero-order chi connectivity index (χ0) is 10.1. The fourth-order valence-electron chi connectivity index (χ4n) is 1.24. The minimum Gasteiger partial charge on any atom is -0.325 e. The third-order valence-corrected chi connectivity index (χ3v) is 2.70.